The Balaban J connectivity index is 3.09. The summed E-state index contributed by atoms with van der Waals surface area (Å²) in [7, 11) is -0.479. The molecule has 0 aliphatic carbocycles. The van der Waals surface area contributed by atoms with Gasteiger partial charge in [-0.2, -0.15) is 4.36 Å². The average Bonchev–Trinajstić information content (AvgIpc) is 2.17. The Hall–Kier alpha value is -1.03. The van der Waals surface area contributed by atoms with Crippen LogP contribution in [0.15, 0.2) is 28.6 Å². The second-order valence-corrected chi connectivity index (χ2v) is 5.72. The van der Waals surface area contributed by atoms with Crippen LogP contribution in [-0.2, 0) is 9.73 Å². The fraction of sp³-hybridized carbons (Fsp3) is 0.400. The van der Waals surface area contributed by atoms with Gasteiger partial charge in [-0.1, -0.05) is 13.0 Å². The molecule has 0 spiro atoms. The second-order valence-electron chi connectivity index (χ2n) is 3.04. The quantitative estimate of drug-likeness (QED) is 0.773. The number of ether oxygens (including phenoxy) is 1. The predicted octanol–water partition coefficient (Wildman–Crippen LogP) is 2.44. The minimum atomic E-state index is -2.08. The van der Waals surface area contributed by atoms with E-state index in [1.807, 2.05) is 25.1 Å². The first kappa shape index (κ1) is 11.0. The summed E-state index contributed by atoms with van der Waals surface area (Å²) in [6, 6.07) is 7.27. The summed E-state index contributed by atoms with van der Waals surface area (Å²) >= 11 is 0. The third-order valence-corrected chi connectivity index (χ3v) is 3.56. The van der Waals surface area contributed by atoms with E-state index >= 15 is 0 Å². The molecule has 3 nitrogen and oxygen atoms in total. The van der Waals surface area contributed by atoms with Crippen molar-refractivity contribution in [1.29, 1.82) is 0 Å². The lowest BCUT2D eigenvalue weighted by Gasteiger charge is -2.02. The minimum Gasteiger partial charge on any atom is -0.497 e. The lowest BCUT2D eigenvalue weighted by Crippen LogP contribution is -1.97. The monoisotopic (exact) mass is 213 g/mol. The van der Waals surface area contributed by atoms with Gasteiger partial charge in [0.25, 0.3) is 0 Å². The maximum atomic E-state index is 11.7. The molecule has 0 heterocycles. The first-order valence-corrected chi connectivity index (χ1v) is 6.50. The zero-order valence-electron chi connectivity index (χ0n) is 8.69. The smallest absolute Gasteiger partial charge is 0.121 e. The van der Waals surface area contributed by atoms with Crippen LogP contribution in [0.2, 0.25) is 0 Å². The van der Waals surface area contributed by atoms with Gasteiger partial charge < -0.3 is 4.74 Å². The van der Waals surface area contributed by atoms with Crippen molar-refractivity contribution in [3.63, 3.8) is 0 Å². The van der Waals surface area contributed by atoms with Gasteiger partial charge in [-0.3, -0.25) is 0 Å². The van der Waals surface area contributed by atoms with Gasteiger partial charge in [0.2, 0.25) is 0 Å². The van der Waals surface area contributed by atoms with Crippen LogP contribution in [0.5, 0.6) is 5.75 Å². The number of nitrogens with zero attached hydrogens (tertiary/aromatic N) is 1. The molecule has 0 aliphatic rings. The highest BCUT2D eigenvalue weighted by Crippen LogP contribution is 2.20. The van der Waals surface area contributed by atoms with Gasteiger partial charge in [0.1, 0.15) is 5.75 Å². The normalized spacial score (nSPS) is 14.5. The highest BCUT2D eigenvalue weighted by atomic mass is 32.2. The Kier molecular flexibility index (Phi) is 3.52. The summed E-state index contributed by atoms with van der Waals surface area (Å²) < 4.78 is 20.9. The molecule has 0 N–H and O–H groups in total. The Labute approximate surface area is 85.3 Å². The van der Waals surface area contributed by atoms with Crippen molar-refractivity contribution < 1.29 is 8.95 Å². The van der Waals surface area contributed by atoms with Crippen molar-refractivity contribution in [3.05, 3.63) is 24.3 Å². The van der Waals surface area contributed by atoms with Crippen LogP contribution < -0.4 is 4.74 Å². The van der Waals surface area contributed by atoms with E-state index in [1.54, 1.807) is 19.4 Å². The van der Waals surface area contributed by atoms with Crippen molar-refractivity contribution in [2.45, 2.75) is 6.92 Å². The van der Waals surface area contributed by atoms with E-state index in [9.17, 15) is 4.21 Å². The van der Waals surface area contributed by atoms with Crippen LogP contribution >= 0.6 is 0 Å². The van der Waals surface area contributed by atoms with Crippen molar-refractivity contribution >= 4 is 15.4 Å². The third kappa shape index (κ3) is 3.03. The fourth-order valence-corrected chi connectivity index (χ4v) is 1.64. The number of rotatable bonds is 3. The fourth-order valence-electron chi connectivity index (χ4n) is 0.955. The Bertz CT molecular complexity index is 420. The molecule has 1 rings (SSSR count). The van der Waals surface area contributed by atoms with Gasteiger partial charge in [0, 0.05) is 27.8 Å². The molecule has 0 radical (unpaired) electrons. The van der Waals surface area contributed by atoms with Crippen molar-refractivity contribution in [2.75, 3.05) is 19.1 Å². The highest BCUT2D eigenvalue weighted by molar-refractivity contribution is 7.93. The summed E-state index contributed by atoms with van der Waals surface area (Å²) in [6.45, 7) is 1.87. The lowest BCUT2D eigenvalue weighted by atomic mass is 10.3. The van der Waals surface area contributed by atoms with E-state index in [4.69, 9.17) is 4.74 Å². The predicted molar refractivity (Wildman–Crippen MR) is 59.7 cm³/mol. The first-order chi connectivity index (χ1) is 6.57. The molecule has 1 aromatic carbocycles. The van der Waals surface area contributed by atoms with Crippen LogP contribution in [0.3, 0.4) is 0 Å². The lowest BCUT2D eigenvalue weighted by molar-refractivity contribution is 0.415. The summed E-state index contributed by atoms with van der Waals surface area (Å²) in [5.41, 5.74) is 0.707. The van der Waals surface area contributed by atoms with Gasteiger partial charge in [0.15, 0.2) is 0 Å². The largest absolute Gasteiger partial charge is 0.497 e. The van der Waals surface area contributed by atoms with Gasteiger partial charge >= 0.3 is 0 Å². The summed E-state index contributed by atoms with van der Waals surface area (Å²) in [5.74, 6) is 1.29. The van der Waals surface area contributed by atoms with E-state index in [2.05, 4.69) is 4.36 Å². The minimum absolute atomic E-state index is 0.560. The summed E-state index contributed by atoms with van der Waals surface area (Å²) in [4.78, 5) is 0. The van der Waals surface area contributed by atoms with Crippen LogP contribution in [0.4, 0.5) is 5.69 Å². The number of methoxy groups -OCH3 is 1. The number of benzene rings is 1. The van der Waals surface area contributed by atoms with Crippen molar-refractivity contribution in [1.82, 2.24) is 0 Å². The Morgan fingerprint density at radius 2 is 2.21 bits per heavy atom. The first-order valence-electron chi connectivity index (χ1n) is 4.41. The molecule has 1 atom stereocenters. The van der Waals surface area contributed by atoms with E-state index < -0.39 is 9.73 Å². The van der Waals surface area contributed by atoms with E-state index in [-0.39, 0.29) is 0 Å². The topological polar surface area (TPSA) is 38.7 Å². The standard InChI is InChI=1S/C10H15NO2S/c1-4-14(3,12)11-9-6-5-7-10(8-9)13-2/h5-8H,4H2,1-3H3/t14-/m1/s1. The zero-order chi connectivity index (χ0) is 10.6. The molecule has 0 unspecified atom stereocenters. The molecule has 0 bridgehead atoms. The van der Waals surface area contributed by atoms with E-state index in [0.29, 0.717) is 11.4 Å². The Morgan fingerprint density at radius 1 is 1.50 bits per heavy atom. The number of hydrogen-bond donors (Lipinski definition) is 0. The third-order valence-electron chi connectivity index (χ3n) is 1.89. The molecule has 0 saturated carbocycles. The van der Waals surface area contributed by atoms with Gasteiger partial charge in [-0.15, -0.1) is 0 Å². The van der Waals surface area contributed by atoms with E-state index in [0.717, 1.165) is 5.75 Å². The molecule has 0 saturated heterocycles. The maximum Gasteiger partial charge on any atom is 0.121 e. The SMILES string of the molecule is CC[S@@](C)(=O)=Nc1cccc(OC)c1. The molecule has 0 aliphatic heterocycles. The molecular weight excluding hydrogens is 198 g/mol. The number of hydrogen-bond acceptors (Lipinski definition) is 3. The molecule has 4 heteroatoms. The molecule has 14 heavy (non-hydrogen) atoms. The van der Waals surface area contributed by atoms with Gasteiger partial charge in [-0.25, -0.2) is 4.21 Å². The average molecular weight is 213 g/mol. The molecule has 0 amide bonds. The van der Waals surface area contributed by atoms with Crippen LogP contribution in [-0.4, -0.2) is 23.3 Å². The second kappa shape index (κ2) is 4.46. The highest BCUT2D eigenvalue weighted by Gasteiger charge is 1.98. The molecule has 78 valence electrons. The van der Waals surface area contributed by atoms with Crippen molar-refractivity contribution in [3.8, 4) is 5.75 Å². The van der Waals surface area contributed by atoms with Crippen LogP contribution in [0, 0.1) is 0 Å². The summed E-state index contributed by atoms with van der Waals surface area (Å²) in [5, 5.41) is 0. The Morgan fingerprint density at radius 3 is 2.79 bits per heavy atom. The molecule has 0 aromatic heterocycles. The van der Waals surface area contributed by atoms with Crippen molar-refractivity contribution in [2.24, 2.45) is 4.36 Å². The molecular formula is C10H15NO2S. The zero-order valence-corrected chi connectivity index (χ0v) is 9.50. The molecule has 1 aromatic rings. The maximum absolute atomic E-state index is 11.7. The molecule has 0 fully saturated rings. The van der Waals surface area contributed by atoms with Gasteiger partial charge in [-0.05, 0) is 12.1 Å². The van der Waals surface area contributed by atoms with E-state index in [1.165, 1.54) is 0 Å². The van der Waals surface area contributed by atoms with Crippen LogP contribution in [0.1, 0.15) is 6.92 Å². The van der Waals surface area contributed by atoms with Crippen LogP contribution in [0.25, 0.3) is 0 Å². The van der Waals surface area contributed by atoms with Gasteiger partial charge in [0.05, 0.1) is 12.8 Å². The summed E-state index contributed by atoms with van der Waals surface area (Å²) in [6.07, 6.45) is 1.66.